The van der Waals surface area contributed by atoms with Gasteiger partial charge in [-0.15, -0.1) is 0 Å². The van der Waals surface area contributed by atoms with Gasteiger partial charge in [0.2, 0.25) is 5.43 Å². The van der Waals surface area contributed by atoms with E-state index < -0.39 is 16.8 Å². The Hall–Kier alpha value is -2.39. The molecule has 1 unspecified atom stereocenters. The molecule has 0 bridgehead atoms. The van der Waals surface area contributed by atoms with Gasteiger partial charge in [-0.2, -0.15) is 0 Å². The van der Waals surface area contributed by atoms with E-state index in [1.807, 2.05) is 9.47 Å². The van der Waals surface area contributed by atoms with E-state index in [9.17, 15) is 9.59 Å². The van der Waals surface area contributed by atoms with Gasteiger partial charge in [0.1, 0.15) is 15.9 Å². The molecule has 9 heteroatoms. The number of methoxy groups -OCH3 is 1. The van der Waals surface area contributed by atoms with Crippen LogP contribution in [-0.2, 0) is 0 Å². The molecule has 3 aromatic rings. The molecule has 0 amide bonds. The molecule has 2 aliphatic rings. The van der Waals surface area contributed by atoms with Crippen molar-refractivity contribution in [2.24, 2.45) is 11.7 Å². The molecule has 30 heavy (non-hydrogen) atoms. The van der Waals surface area contributed by atoms with Gasteiger partial charge in [0, 0.05) is 19.1 Å². The standard InChI is InChI=1S/C20H22FN3O3S.CH5N/c1-3-10-6-7-23(9-10)16-13(21)8-12-15(18(16)27-2)24(11-4-5-11)20-14(17(12)25)19(26)22-28-20;1-2/h8,10-11H,3-7,9H2,1-2H3,(H,22,26);2H2,1H3. The highest BCUT2D eigenvalue weighted by Crippen LogP contribution is 2.46. The first kappa shape index (κ1) is 20.9. The summed E-state index contributed by atoms with van der Waals surface area (Å²) in [5.41, 5.74) is 4.70. The lowest BCUT2D eigenvalue weighted by Gasteiger charge is -2.24. The number of benzene rings is 1. The number of rotatable bonds is 4. The molecule has 2 fully saturated rings. The Morgan fingerprint density at radius 1 is 1.30 bits per heavy atom. The van der Waals surface area contributed by atoms with Gasteiger partial charge in [0.25, 0.3) is 5.56 Å². The maximum atomic E-state index is 15.3. The maximum absolute atomic E-state index is 15.3. The number of aromatic nitrogens is 2. The Morgan fingerprint density at radius 3 is 2.63 bits per heavy atom. The number of anilines is 1. The number of aromatic amines is 1. The molecule has 2 aromatic heterocycles. The summed E-state index contributed by atoms with van der Waals surface area (Å²) in [4.78, 5) is 27.9. The van der Waals surface area contributed by atoms with E-state index in [1.54, 1.807) is 0 Å². The van der Waals surface area contributed by atoms with Crippen LogP contribution in [-0.4, -0.2) is 36.2 Å². The van der Waals surface area contributed by atoms with Crippen molar-refractivity contribution < 1.29 is 9.13 Å². The topological polar surface area (TPSA) is 93.3 Å². The average molecular weight is 435 g/mol. The van der Waals surface area contributed by atoms with Crippen LogP contribution in [0.2, 0.25) is 0 Å². The molecule has 1 aliphatic heterocycles. The van der Waals surface area contributed by atoms with Crippen LogP contribution in [0.3, 0.4) is 0 Å². The fourth-order valence-corrected chi connectivity index (χ4v) is 5.37. The van der Waals surface area contributed by atoms with E-state index in [1.165, 1.54) is 31.8 Å². The number of nitrogens with two attached hydrogens (primary N) is 1. The number of hydrogen-bond acceptors (Lipinski definition) is 6. The van der Waals surface area contributed by atoms with Gasteiger partial charge in [0.05, 0.1) is 18.0 Å². The van der Waals surface area contributed by atoms with Crippen molar-refractivity contribution in [2.45, 2.75) is 38.6 Å². The summed E-state index contributed by atoms with van der Waals surface area (Å²) in [5.74, 6) is 0.466. The summed E-state index contributed by atoms with van der Waals surface area (Å²) in [6.07, 6.45) is 4.01. The second-order valence-corrected chi connectivity index (χ2v) is 8.58. The summed E-state index contributed by atoms with van der Waals surface area (Å²) in [6.45, 7) is 3.70. The summed E-state index contributed by atoms with van der Waals surface area (Å²) in [7, 11) is 3.02. The summed E-state index contributed by atoms with van der Waals surface area (Å²) >= 11 is 1.17. The molecule has 0 spiro atoms. The molecule has 3 N–H and O–H groups in total. The summed E-state index contributed by atoms with van der Waals surface area (Å²) in [6, 6.07) is 1.50. The Bertz CT molecular complexity index is 1210. The van der Waals surface area contributed by atoms with Gasteiger partial charge in [-0.05, 0) is 49.8 Å². The average Bonchev–Trinajstić information content (AvgIpc) is 3.35. The SMILES string of the molecule is CCC1CCN(c2c(F)cc3c(=O)c4c(=O)[nH]sc4n(C4CC4)c3c2OC)C1.CN. The second-order valence-electron chi connectivity index (χ2n) is 7.79. The highest BCUT2D eigenvalue weighted by atomic mass is 32.1. The molecule has 1 saturated heterocycles. The van der Waals surface area contributed by atoms with Crippen LogP contribution in [0.1, 0.15) is 38.6 Å². The molecule has 1 aliphatic carbocycles. The van der Waals surface area contributed by atoms with E-state index in [0.717, 1.165) is 38.8 Å². The van der Waals surface area contributed by atoms with Gasteiger partial charge in [0.15, 0.2) is 11.6 Å². The lowest BCUT2D eigenvalue weighted by atomic mass is 10.1. The van der Waals surface area contributed by atoms with E-state index in [-0.39, 0.29) is 16.8 Å². The number of nitrogens with one attached hydrogen (secondary N) is 1. The predicted molar refractivity (Wildman–Crippen MR) is 120 cm³/mol. The first-order valence-electron chi connectivity index (χ1n) is 10.3. The van der Waals surface area contributed by atoms with E-state index >= 15 is 4.39 Å². The molecular weight excluding hydrogens is 407 g/mol. The van der Waals surface area contributed by atoms with Gasteiger partial charge in [-0.3, -0.25) is 14.0 Å². The van der Waals surface area contributed by atoms with Crippen LogP contribution in [0.15, 0.2) is 15.7 Å². The summed E-state index contributed by atoms with van der Waals surface area (Å²) in [5, 5.41) is 0.332. The predicted octanol–water partition coefficient (Wildman–Crippen LogP) is 3.20. The molecule has 5 rings (SSSR count). The smallest absolute Gasteiger partial charge is 0.271 e. The first-order chi connectivity index (χ1) is 14.5. The van der Waals surface area contributed by atoms with Crippen molar-refractivity contribution in [1.82, 2.24) is 8.94 Å². The Morgan fingerprint density at radius 2 is 2.03 bits per heavy atom. The number of pyridine rings is 1. The molecule has 7 nitrogen and oxygen atoms in total. The van der Waals surface area contributed by atoms with Crippen molar-refractivity contribution in [3.63, 3.8) is 0 Å². The molecule has 3 heterocycles. The Balaban J connectivity index is 0.00000106. The summed E-state index contributed by atoms with van der Waals surface area (Å²) < 4.78 is 25.7. The van der Waals surface area contributed by atoms with Crippen LogP contribution < -0.4 is 26.4 Å². The third-order valence-corrected chi connectivity index (χ3v) is 6.97. The van der Waals surface area contributed by atoms with Gasteiger partial charge in [-0.25, -0.2) is 4.39 Å². The highest BCUT2D eigenvalue weighted by molar-refractivity contribution is 7.12. The molecule has 1 saturated carbocycles. The zero-order valence-corrected chi connectivity index (χ0v) is 18.3. The number of nitrogens with zero attached hydrogens (tertiary/aromatic N) is 2. The van der Waals surface area contributed by atoms with Crippen molar-refractivity contribution in [1.29, 1.82) is 0 Å². The van der Waals surface area contributed by atoms with Crippen molar-refractivity contribution in [2.75, 3.05) is 32.1 Å². The number of fused-ring (bicyclic) bond motifs is 2. The van der Waals surface area contributed by atoms with Gasteiger partial charge >= 0.3 is 0 Å². The van der Waals surface area contributed by atoms with E-state index in [0.29, 0.717) is 27.7 Å². The highest BCUT2D eigenvalue weighted by Gasteiger charge is 2.34. The number of hydrogen-bond donors (Lipinski definition) is 2. The minimum Gasteiger partial charge on any atom is -0.492 e. The number of halogens is 1. The number of H-pyrrole nitrogens is 1. The molecule has 0 radical (unpaired) electrons. The van der Waals surface area contributed by atoms with Gasteiger partial charge in [-0.1, -0.05) is 13.3 Å². The van der Waals surface area contributed by atoms with Crippen LogP contribution in [0.4, 0.5) is 10.1 Å². The molecule has 1 aromatic carbocycles. The Kier molecular flexibility index (Phi) is 5.59. The van der Waals surface area contributed by atoms with E-state index in [4.69, 9.17) is 4.74 Å². The molecular formula is C21H27FN4O3S. The zero-order chi connectivity index (χ0) is 21.6. The maximum Gasteiger partial charge on any atom is 0.271 e. The van der Waals surface area contributed by atoms with Crippen LogP contribution >= 0.6 is 11.5 Å². The van der Waals surface area contributed by atoms with E-state index in [2.05, 4.69) is 17.0 Å². The fourth-order valence-electron chi connectivity index (χ4n) is 4.46. The monoisotopic (exact) mass is 434 g/mol. The second kappa shape index (κ2) is 8.03. The molecule has 1 atom stereocenters. The van der Waals surface area contributed by atoms with Crippen molar-refractivity contribution in [3.8, 4) is 5.75 Å². The van der Waals surface area contributed by atoms with Crippen LogP contribution in [0.5, 0.6) is 5.75 Å². The van der Waals surface area contributed by atoms with Crippen molar-refractivity contribution >= 4 is 38.3 Å². The third-order valence-electron chi connectivity index (χ3n) is 6.09. The minimum absolute atomic E-state index is 0.117. The third kappa shape index (κ3) is 3.11. The lowest BCUT2D eigenvalue weighted by Crippen LogP contribution is -2.23. The quantitative estimate of drug-likeness (QED) is 0.658. The van der Waals surface area contributed by atoms with Crippen LogP contribution in [0, 0.1) is 11.7 Å². The zero-order valence-electron chi connectivity index (χ0n) is 17.5. The first-order valence-corrected chi connectivity index (χ1v) is 11.1. The minimum atomic E-state index is -0.466. The Labute approximate surface area is 177 Å². The van der Waals surface area contributed by atoms with Crippen LogP contribution in [0.25, 0.3) is 21.1 Å². The number of ether oxygens (including phenoxy) is 1. The lowest BCUT2D eigenvalue weighted by molar-refractivity contribution is 0.414. The normalized spacial score (nSPS) is 18.7. The van der Waals surface area contributed by atoms with Crippen molar-refractivity contribution in [3.05, 3.63) is 32.5 Å². The fraction of sp³-hybridized carbons (Fsp3) is 0.524. The molecule has 162 valence electrons. The largest absolute Gasteiger partial charge is 0.492 e. The van der Waals surface area contributed by atoms with Gasteiger partial charge < -0.3 is 19.9 Å².